The van der Waals surface area contributed by atoms with Gasteiger partial charge in [-0.1, -0.05) is 47.1 Å². The molecule has 0 spiro atoms. The molecule has 2 aromatic carbocycles. The molecule has 0 saturated carbocycles. The first-order valence-corrected chi connectivity index (χ1v) is 9.83. The second-order valence-corrected chi connectivity index (χ2v) is 8.28. The number of carbonyl (C=O) groups is 1. The highest BCUT2D eigenvalue weighted by Gasteiger charge is 2.25. The van der Waals surface area contributed by atoms with E-state index in [2.05, 4.69) is 15.5 Å². The third-order valence-electron chi connectivity index (χ3n) is 4.20. The normalized spacial score (nSPS) is 12.5. The molecular weight excluding hydrogens is 409 g/mol. The summed E-state index contributed by atoms with van der Waals surface area (Å²) in [6, 6.07) is 11.5. The first kappa shape index (κ1) is 21.8. The molecule has 0 bridgehead atoms. The standard InChI is InChI=1S/C22H23ClFN3O3/c1-13-25-20(30-27-13)19(26-21(28)29-22(2,3)4)12-14-7-5-6-8-16(14)15-9-10-18(24)17(23)11-15/h5-11,19H,12H2,1-4H3,(H,26,28)/t19-/m1/s1. The molecule has 0 unspecified atom stereocenters. The molecule has 1 N–H and O–H groups in total. The van der Waals surface area contributed by atoms with Crippen LogP contribution in [0.15, 0.2) is 47.0 Å². The van der Waals surface area contributed by atoms with Crippen molar-refractivity contribution in [1.82, 2.24) is 15.5 Å². The third-order valence-corrected chi connectivity index (χ3v) is 4.49. The number of ether oxygens (including phenoxy) is 1. The van der Waals surface area contributed by atoms with Crippen LogP contribution in [0.25, 0.3) is 11.1 Å². The Morgan fingerprint density at radius 3 is 2.63 bits per heavy atom. The summed E-state index contributed by atoms with van der Waals surface area (Å²) in [5.41, 5.74) is 1.85. The smallest absolute Gasteiger partial charge is 0.408 e. The zero-order valence-electron chi connectivity index (χ0n) is 17.2. The van der Waals surface area contributed by atoms with Crippen LogP contribution in [-0.2, 0) is 11.2 Å². The number of hydrogen-bond donors (Lipinski definition) is 1. The number of halogens is 2. The second kappa shape index (κ2) is 8.83. The van der Waals surface area contributed by atoms with Crippen molar-refractivity contribution in [3.63, 3.8) is 0 Å². The summed E-state index contributed by atoms with van der Waals surface area (Å²) in [6.07, 6.45) is -0.239. The van der Waals surface area contributed by atoms with E-state index in [-0.39, 0.29) is 10.9 Å². The van der Waals surface area contributed by atoms with E-state index in [1.54, 1.807) is 39.8 Å². The highest BCUT2D eigenvalue weighted by molar-refractivity contribution is 6.31. The van der Waals surface area contributed by atoms with Gasteiger partial charge in [0.2, 0.25) is 5.89 Å². The van der Waals surface area contributed by atoms with Crippen LogP contribution in [0.2, 0.25) is 5.02 Å². The predicted octanol–water partition coefficient (Wildman–Crippen LogP) is 5.65. The molecule has 0 radical (unpaired) electrons. The van der Waals surface area contributed by atoms with Crippen LogP contribution in [0, 0.1) is 12.7 Å². The van der Waals surface area contributed by atoms with Crippen LogP contribution in [-0.4, -0.2) is 21.8 Å². The molecule has 1 atom stereocenters. The highest BCUT2D eigenvalue weighted by atomic mass is 35.5. The van der Waals surface area contributed by atoms with Crippen molar-refractivity contribution in [2.75, 3.05) is 0 Å². The van der Waals surface area contributed by atoms with E-state index < -0.39 is 23.6 Å². The molecule has 0 aliphatic rings. The Hall–Kier alpha value is -2.93. The van der Waals surface area contributed by atoms with E-state index in [0.717, 1.165) is 16.7 Å². The summed E-state index contributed by atoms with van der Waals surface area (Å²) in [6.45, 7) is 7.05. The number of nitrogens with zero attached hydrogens (tertiary/aromatic N) is 2. The number of aryl methyl sites for hydroxylation is 1. The zero-order valence-corrected chi connectivity index (χ0v) is 18.0. The minimum atomic E-state index is -0.651. The Kier molecular flexibility index (Phi) is 6.41. The fourth-order valence-electron chi connectivity index (χ4n) is 2.97. The van der Waals surface area contributed by atoms with Gasteiger partial charge in [0.1, 0.15) is 17.5 Å². The molecule has 0 fully saturated rings. The van der Waals surface area contributed by atoms with Gasteiger partial charge in [0.05, 0.1) is 5.02 Å². The largest absolute Gasteiger partial charge is 0.444 e. The average molecular weight is 432 g/mol. The molecule has 1 aromatic heterocycles. The fourth-order valence-corrected chi connectivity index (χ4v) is 3.15. The average Bonchev–Trinajstić information content (AvgIpc) is 3.09. The third kappa shape index (κ3) is 5.57. The minimum Gasteiger partial charge on any atom is -0.444 e. The van der Waals surface area contributed by atoms with E-state index in [0.29, 0.717) is 12.2 Å². The monoisotopic (exact) mass is 431 g/mol. The number of alkyl carbamates (subject to hydrolysis) is 1. The Bertz CT molecular complexity index is 1050. The predicted molar refractivity (Wildman–Crippen MR) is 112 cm³/mol. The zero-order chi connectivity index (χ0) is 21.9. The number of aromatic nitrogens is 2. The maximum absolute atomic E-state index is 13.6. The molecule has 0 aliphatic carbocycles. The van der Waals surface area contributed by atoms with Crippen molar-refractivity contribution < 1.29 is 18.4 Å². The molecular formula is C22H23ClFN3O3. The molecule has 8 heteroatoms. The minimum absolute atomic E-state index is 0.0401. The number of nitrogens with one attached hydrogen (secondary N) is 1. The molecule has 3 rings (SSSR count). The second-order valence-electron chi connectivity index (χ2n) is 7.87. The van der Waals surface area contributed by atoms with Crippen LogP contribution in [0.5, 0.6) is 0 Å². The van der Waals surface area contributed by atoms with Gasteiger partial charge in [0, 0.05) is 6.42 Å². The van der Waals surface area contributed by atoms with Crippen LogP contribution < -0.4 is 5.32 Å². The van der Waals surface area contributed by atoms with E-state index in [1.807, 2.05) is 24.3 Å². The fraction of sp³-hybridized carbons (Fsp3) is 0.318. The molecule has 3 aromatic rings. The summed E-state index contributed by atoms with van der Waals surface area (Å²) in [5, 5.41) is 6.67. The van der Waals surface area contributed by atoms with Crippen LogP contribution in [0.1, 0.15) is 44.1 Å². The van der Waals surface area contributed by atoms with Gasteiger partial charge in [-0.05, 0) is 56.5 Å². The molecule has 0 saturated heterocycles. The summed E-state index contributed by atoms with van der Waals surface area (Å²) in [5.74, 6) is 0.244. The quantitative estimate of drug-likeness (QED) is 0.565. The highest BCUT2D eigenvalue weighted by Crippen LogP contribution is 2.30. The Labute approximate surface area is 179 Å². The molecule has 1 heterocycles. The van der Waals surface area contributed by atoms with Crippen molar-refractivity contribution in [2.24, 2.45) is 0 Å². The Morgan fingerprint density at radius 1 is 1.27 bits per heavy atom. The Morgan fingerprint density at radius 2 is 2.00 bits per heavy atom. The van der Waals surface area contributed by atoms with Crippen molar-refractivity contribution >= 4 is 17.7 Å². The van der Waals surface area contributed by atoms with Gasteiger partial charge >= 0.3 is 6.09 Å². The lowest BCUT2D eigenvalue weighted by Crippen LogP contribution is -2.36. The summed E-state index contributed by atoms with van der Waals surface area (Å²) < 4.78 is 24.3. The Balaban J connectivity index is 1.93. The van der Waals surface area contributed by atoms with Crippen molar-refractivity contribution in [3.05, 3.63) is 70.6 Å². The van der Waals surface area contributed by atoms with E-state index in [4.69, 9.17) is 20.9 Å². The van der Waals surface area contributed by atoms with Crippen LogP contribution in [0.4, 0.5) is 9.18 Å². The molecule has 6 nitrogen and oxygen atoms in total. The molecule has 1 amide bonds. The maximum Gasteiger partial charge on any atom is 0.408 e. The lowest BCUT2D eigenvalue weighted by molar-refractivity contribution is 0.0493. The van der Waals surface area contributed by atoms with Gasteiger partial charge in [-0.2, -0.15) is 4.98 Å². The maximum atomic E-state index is 13.6. The van der Waals surface area contributed by atoms with E-state index in [1.165, 1.54) is 6.07 Å². The topological polar surface area (TPSA) is 77.2 Å². The van der Waals surface area contributed by atoms with Crippen LogP contribution in [0.3, 0.4) is 0 Å². The lowest BCUT2D eigenvalue weighted by Gasteiger charge is -2.22. The van der Waals surface area contributed by atoms with Crippen molar-refractivity contribution in [2.45, 2.75) is 45.8 Å². The van der Waals surface area contributed by atoms with Crippen molar-refractivity contribution in [1.29, 1.82) is 0 Å². The van der Waals surface area contributed by atoms with Crippen LogP contribution >= 0.6 is 11.6 Å². The van der Waals surface area contributed by atoms with Gasteiger partial charge in [-0.15, -0.1) is 0 Å². The number of hydrogen-bond acceptors (Lipinski definition) is 5. The summed E-state index contributed by atoms with van der Waals surface area (Å²) in [7, 11) is 0. The number of amides is 1. The van der Waals surface area contributed by atoms with Gasteiger partial charge in [-0.3, -0.25) is 0 Å². The number of rotatable bonds is 5. The molecule has 30 heavy (non-hydrogen) atoms. The van der Waals surface area contributed by atoms with Gasteiger partial charge < -0.3 is 14.6 Å². The summed E-state index contributed by atoms with van der Waals surface area (Å²) in [4.78, 5) is 16.7. The lowest BCUT2D eigenvalue weighted by atomic mass is 9.95. The van der Waals surface area contributed by atoms with Gasteiger partial charge in [0.15, 0.2) is 5.82 Å². The van der Waals surface area contributed by atoms with Gasteiger partial charge in [-0.25, -0.2) is 9.18 Å². The van der Waals surface area contributed by atoms with Crippen molar-refractivity contribution in [3.8, 4) is 11.1 Å². The summed E-state index contributed by atoms with van der Waals surface area (Å²) >= 11 is 5.97. The molecule has 0 aliphatic heterocycles. The SMILES string of the molecule is Cc1noc([C@@H](Cc2ccccc2-c2ccc(F)c(Cl)c2)NC(=O)OC(C)(C)C)n1. The number of benzene rings is 2. The number of carbonyl (C=O) groups excluding carboxylic acids is 1. The van der Waals surface area contributed by atoms with E-state index >= 15 is 0 Å². The molecule has 158 valence electrons. The first-order valence-electron chi connectivity index (χ1n) is 9.45. The van der Waals surface area contributed by atoms with E-state index in [9.17, 15) is 9.18 Å². The van der Waals surface area contributed by atoms with Gasteiger partial charge in [0.25, 0.3) is 0 Å². The first-order chi connectivity index (χ1) is 14.1.